The molecular formula is C62H45N. The van der Waals surface area contributed by atoms with Crippen LogP contribution in [-0.4, -0.2) is 0 Å². The zero-order valence-corrected chi connectivity index (χ0v) is 35.5. The van der Waals surface area contributed by atoms with Gasteiger partial charge in [0.25, 0.3) is 0 Å². The molecule has 1 heteroatoms. The van der Waals surface area contributed by atoms with Gasteiger partial charge in [-0.3, -0.25) is 0 Å². The van der Waals surface area contributed by atoms with Crippen molar-refractivity contribution in [1.29, 1.82) is 0 Å². The maximum atomic E-state index is 2.53. The molecule has 0 spiro atoms. The Labute approximate surface area is 370 Å². The van der Waals surface area contributed by atoms with Gasteiger partial charge in [0, 0.05) is 22.2 Å². The molecular weight excluding hydrogens is 759 g/mol. The molecule has 0 amide bonds. The number of hydrogen-bond donors (Lipinski definition) is 0. The molecule has 2 aliphatic carbocycles. The van der Waals surface area contributed by atoms with Crippen LogP contribution in [0.3, 0.4) is 0 Å². The van der Waals surface area contributed by atoms with Crippen molar-refractivity contribution in [2.24, 2.45) is 0 Å². The van der Waals surface area contributed by atoms with Crippen molar-refractivity contribution >= 4 is 27.8 Å². The molecule has 0 fully saturated rings. The quantitative estimate of drug-likeness (QED) is 0.155. The molecule has 0 unspecified atom stereocenters. The van der Waals surface area contributed by atoms with E-state index in [0.29, 0.717) is 0 Å². The van der Waals surface area contributed by atoms with Crippen LogP contribution in [0.25, 0.3) is 55.3 Å². The molecule has 63 heavy (non-hydrogen) atoms. The maximum Gasteiger partial charge on any atom is 0.0719 e. The lowest BCUT2D eigenvalue weighted by Gasteiger charge is -2.35. The highest BCUT2D eigenvalue weighted by molar-refractivity contribution is 6.10. The van der Waals surface area contributed by atoms with Crippen molar-refractivity contribution in [3.63, 3.8) is 0 Å². The van der Waals surface area contributed by atoms with E-state index in [1.165, 1.54) is 88.7 Å². The molecule has 10 aromatic rings. The Morgan fingerprint density at radius 2 is 0.794 bits per heavy atom. The van der Waals surface area contributed by atoms with E-state index in [4.69, 9.17) is 0 Å². The van der Waals surface area contributed by atoms with Gasteiger partial charge in [-0.05, 0) is 120 Å². The van der Waals surface area contributed by atoms with Crippen LogP contribution in [0, 0.1) is 0 Å². The highest BCUT2D eigenvalue weighted by atomic mass is 15.1. The van der Waals surface area contributed by atoms with Crippen LogP contribution in [0.4, 0.5) is 17.1 Å². The van der Waals surface area contributed by atoms with Crippen LogP contribution in [0.1, 0.15) is 47.2 Å². The van der Waals surface area contributed by atoms with Crippen LogP contribution in [0.2, 0.25) is 0 Å². The number of benzene rings is 10. The summed E-state index contributed by atoms with van der Waals surface area (Å²) in [7, 11) is 0. The predicted molar refractivity (Wildman–Crippen MR) is 264 cm³/mol. The van der Waals surface area contributed by atoms with Gasteiger partial charge in [-0.1, -0.05) is 214 Å². The number of nitrogens with zero attached hydrogens (tertiary/aromatic N) is 1. The van der Waals surface area contributed by atoms with Gasteiger partial charge >= 0.3 is 0 Å². The lowest BCUT2D eigenvalue weighted by atomic mass is 9.66. The summed E-state index contributed by atoms with van der Waals surface area (Å²) in [4.78, 5) is 2.53. The lowest BCUT2D eigenvalue weighted by molar-refractivity contribution is 0.660. The van der Waals surface area contributed by atoms with E-state index in [9.17, 15) is 0 Å². The van der Waals surface area contributed by atoms with Gasteiger partial charge in [-0.25, -0.2) is 0 Å². The van der Waals surface area contributed by atoms with Crippen molar-refractivity contribution in [2.75, 3.05) is 4.90 Å². The van der Waals surface area contributed by atoms with Crippen LogP contribution < -0.4 is 4.90 Å². The molecule has 0 aliphatic heterocycles. The average molecular weight is 804 g/mol. The van der Waals surface area contributed by atoms with E-state index in [2.05, 4.69) is 255 Å². The first-order chi connectivity index (χ1) is 31.0. The number of hydrogen-bond acceptors (Lipinski definition) is 1. The van der Waals surface area contributed by atoms with Crippen LogP contribution in [-0.2, 0) is 10.8 Å². The second kappa shape index (κ2) is 14.4. The van der Waals surface area contributed by atoms with E-state index >= 15 is 0 Å². The van der Waals surface area contributed by atoms with Gasteiger partial charge in [0.2, 0.25) is 0 Å². The van der Waals surface area contributed by atoms with Crippen LogP contribution >= 0.6 is 0 Å². The molecule has 0 heterocycles. The SMILES string of the molecule is CC1(C)c2ccccc2-c2ccc(N(c3ccc(-c4ccccc4)cc3)c3cc4c(c5ccc(-c6ccccc6)cc35)C(c3ccccc3)(c3ccccc3)c3ccccc3-4)cc21. The van der Waals surface area contributed by atoms with E-state index in [1.807, 2.05) is 0 Å². The largest absolute Gasteiger partial charge is 0.310 e. The highest BCUT2D eigenvalue weighted by Gasteiger charge is 2.48. The molecule has 0 saturated carbocycles. The van der Waals surface area contributed by atoms with Gasteiger partial charge in [0.1, 0.15) is 0 Å². The van der Waals surface area contributed by atoms with E-state index in [0.717, 1.165) is 17.1 Å². The summed E-state index contributed by atoms with van der Waals surface area (Å²) >= 11 is 0. The first kappa shape index (κ1) is 37.1. The number of rotatable bonds is 7. The third-order valence-corrected chi connectivity index (χ3v) is 13.9. The Morgan fingerprint density at radius 3 is 1.43 bits per heavy atom. The molecule has 0 atom stereocenters. The summed E-state index contributed by atoms with van der Waals surface area (Å²) in [5.41, 5.74) is 20.5. The summed E-state index contributed by atoms with van der Waals surface area (Å²) in [6.45, 7) is 4.75. The molecule has 0 aromatic heterocycles. The monoisotopic (exact) mass is 803 g/mol. The molecule has 2 aliphatic rings. The van der Waals surface area contributed by atoms with Crippen LogP contribution in [0.5, 0.6) is 0 Å². The Bertz CT molecular complexity index is 3290. The molecule has 0 saturated heterocycles. The summed E-state index contributed by atoms with van der Waals surface area (Å²) in [5.74, 6) is 0. The minimum absolute atomic E-state index is 0.158. The Balaban J connectivity index is 1.19. The lowest BCUT2D eigenvalue weighted by Crippen LogP contribution is -2.29. The molecule has 0 bridgehead atoms. The average Bonchev–Trinajstić information content (AvgIpc) is 3.78. The summed E-state index contributed by atoms with van der Waals surface area (Å²) in [6, 6.07) is 87.9. The zero-order valence-electron chi connectivity index (χ0n) is 35.5. The van der Waals surface area contributed by atoms with Gasteiger partial charge in [0.15, 0.2) is 0 Å². The third-order valence-electron chi connectivity index (χ3n) is 13.9. The summed E-state index contributed by atoms with van der Waals surface area (Å²) in [6.07, 6.45) is 0. The van der Waals surface area contributed by atoms with Gasteiger partial charge in [-0.2, -0.15) is 0 Å². The van der Waals surface area contributed by atoms with Gasteiger partial charge < -0.3 is 4.90 Å². The zero-order chi connectivity index (χ0) is 42.1. The van der Waals surface area contributed by atoms with E-state index < -0.39 is 5.41 Å². The van der Waals surface area contributed by atoms with Crippen molar-refractivity contribution < 1.29 is 0 Å². The second-order valence-electron chi connectivity index (χ2n) is 17.6. The van der Waals surface area contributed by atoms with Gasteiger partial charge in [-0.15, -0.1) is 0 Å². The van der Waals surface area contributed by atoms with Crippen molar-refractivity contribution in [2.45, 2.75) is 24.7 Å². The molecule has 0 N–H and O–H groups in total. The first-order valence-electron chi connectivity index (χ1n) is 22.1. The normalized spacial score (nSPS) is 13.8. The fourth-order valence-electron chi connectivity index (χ4n) is 11.0. The fourth-order valence-corrected chi connectivity index (χ4v) is 11.0. The van der Waals surface area contributed by atoms with Crippen molar-refractivity contribution in [1.82, 2.24) is 0 Å². The second-order valence-corrected chi connectivity index (χ2v) is 17.6. The van der Waals surface area contributed by atoms with E-state index in [1.54, 1.807) is 0 Å². The Hall–Kier alpha value is -7.74. The Morgan fingerprint density at radius 1 is 0.317 bits per heavy atom. The maximum absolute atomic E-state index is 2.53. The highest BCUT2D eigenvalue weighted by Crippen LogP contribution is 2.60. The smallest absolute Gasteiger partial charge is 0.0719 e. The molecule has 0 radical (unpaired) electrons. The minimum atomic E-state index is -0.551. The summed E-state index contributed by atoms with van der Waals surface area (Å²) in [5, 5.41) is 2.44. The topological polar surface area (TPSA) is 3.24 Å². The standard InChI is InChI=1S/C62H45N/c1-61(2)56-29-17-15-27-50(56)52-38-36-49(40-58(52)61)63(48-34-31-44(32-35-48)42-19-7-3-8-20-42)59-41-55-51-28-16-18-30-57(51)62(46-23-11-5-12-24-46,47-25-13-6-14-26-47)60(55)53-37-33-45(39-54(53)59)43-21-9-4-10-22-43/h3-41H,1-2H3. The number of fused-ring (bicyclic) bond motifs is 8. The Kier molecular flexibility index (Phi) is 8.49. The minimum Gasteiger partial charge on any atom is -0.310 e. The third kappa shape index (κ3) is 5.63. The first-order valence-corrected chi connectivity index (χ1v) is 22.1. The summed E-state index contributed by atoms with van der Waals surface area (Å²) < 4.78 is 0. The van der Waals surface area contributed by atoms with E-state index in [-0.39, 0.29) is 5.41 Å². The molecule has 1 nitrogen and oxygen atoms in total. The van der Waals surface area contributed by atoms with Crippen LogP contribution in [0.15, 0.2) is 237 Å². The molecule has 298 valence electrons. The molecule has 10 aromatic carbocycles. The van der Waals surface area contributed by atoms with Crippen molar-refractivity contribution in [3.8, 4) is 44.5 Å². The van der Waals surface area contributed by atoms with Crippen molar-refractivity contribution in [3.05, 3.63) is 270 Å². The molecule has 12 rings (SSSR count). The number of anilines is 3. The fraction of sp³-hybridized carbons (Fsp3) is 0.0645. The van der Waals surface area contributed by atoms with Gasteiger partial charge in [0.05, 0.1) is 11.1 Å². The predicted octanol–water partition coefficient (Wildman–Crippen LogP) is 16.3.